The van der Waals surface area contributed by atoms with Crippen molar-refractivity contribution in [2.45, 2.75) is 40.2 Å². The molecule has 0 heterocycles. The van der Waals surface area contributed by atoms with Crippen molar-refractivity contribution < 1.29 is 9.53 Å². The van der Waals surface area contributed by atoms with Gasteiger partial charge in [0, 0.05) is 6.54 Å². The number of hydrogen-bond acceptors (Lipinski definition) is 3. The SMILES string of the molecule is CCCNC(=O)C(C)Oc1c(C)cc(C#N)cc1C. The Morgan fingerprint density at radius 1 is 1.42 bits per heavy atom. The molecule has 0 radical (unpaired) electrons. The molecule has 0 aliphatic rings. The Kier molecular flexibility index (Phi) is 5.37. The van der Waals surface area contributed by atoms with Crippen molar-refractivity contribution in [2.24, 2.45) is 0 Å². The van der Waals surface area contributed by atoms with E-state index in [1.165, 1.54) is 0 Å². The Balaban J connectivity index is 2.83. The fourth-order valence-corrected chi connectivity index (χ4v) is 1.82. The minimum Gasteiger partial charge on any atom is -0.480 e. The standard InChI is InChI=1S/C15H20N2O2/c1-5-6-17-15(18)12(4)19-14-10(2)7-13(9-16)8-11(14)3/h7-8,12H,5-6H2,1-4H3,(H,17,18). The lowest BCUT2D eigenvalue weighted by Gasteiger charge is -2.18. The predicted molar refractivity (Wildman–Crippen MR) is 74.0 cm³/mol. The molecule has 19 heavy (non-hydrogen) atoms. The topological polar surface area (TPSA) is 62.1 Å². The molecule has 0 spiro atoms. The van der Waals surface area contributed by atoms with Gasteiger partial charge in [-0.2, -0.15) is 5.26 Å². The summed E-state index contributed by atoms with van der Waals surface area (Å²) in [6, 6.07) is 5.63. The molecule has 1 atom stereocenters. The second-order valence-electron chi connectivity index (χ2n) is 4.60. The Morgan fingerprint density at radius 2 is 2.00 bits per heavy atom. The van der Waals surface area contributed by atoms with Crippen LogP contribution in [0.2, 0.25) is 0 Å². The van der Waals surface area contributed by atoms with Crippen LogP contribution in [-0.4, -0.2) is 18.6 Å². The average Bonchev–Trinajstić information content (AvgIpc) is 2.39. The van der Waals surface area contributed by atoms with Crippen molar-refractivity contribution in [3.8, 4) is 11.8 Å². The van der Waals surface area contributed by atoms with E-state index in [1.807, 2.05) is 20.8 Å². The third kappa shape index (κ3) is 3.99. The van der Waals surface area contributed by atoms with Gasteiger partial charge in [-0.05, 0) is 50.5 Å². The normalized spacial score (nSPS) is 11.5. The zero-order valence-electron chi connectivity index (χ0n) is 11.9. The number of carbonyl (C=O) groups is 1. The molecular weight excluding hydrogens is 240 g/mol. The lowest BCUT2D eigenvalue weighted by molar-refractivity contribution is -0.127. The molecule has 102 valence electrons. The molecule has 0 saturated carbocycles. The molecule has 4 nitrogen and oxygen atoms in total. The number of nitriles is 1. The number of ether oxygens (including phenoxy) is 1. The van der Waals surface area contributed by atoms with E-state index in [-0.39, 0.29) is 5.91 Å². The largest absolute Gasteiger partial charge is 0.480 e. The maximum absolute atomic E-state index is 11.8. The molecule has 0 aliphatic heterocycles. The molecule has 1 N–H and O–H groups in total. The highest BCUT2D eigenvalue weighted by molar-refractivity contribution is 5.80. The lowest BCUT2D eigenvalue weighted by Crippen LogP contribution is -2.36. The molecule has 1 aromatic carbocycles. The Morgan fingerprint density at radius 3 is 2.47 bits per heavy atom. The smallest absolute Gasteiger partial charge is 0.260 e. The van der Waals surface area contributed by atoms with Gasteiger partial charge in [-0.1, -0.05) is 6.92 Å². The molecule has 1 aromatic rings. The van der Waals surface area contributed by atoms with Gasteiger partial charge in [0.2, 0.25) is 0 Å². The van der Waals surface area contributed by atoms with Crippen LogP contribution in [-0.2, 0) is 4.79 Å². The lowest BCUT2D eigenvalue weighted by atomic mass is 10.1. The molecule has 1 rings (SSSR count). The van der Waals surface area contributed by atoms with Gasteiger partial charge in [0.15, 0.2) is 6.10 Å². The Bertz CT molecular complexity index is 480. The van der Waals surface area contributed by atoms with Crippen LogP contribution in [0.4, 0.5) is 0 Å². The van der Waals surface area contributed by atoms with Gasteiger partial charge < -0.3 is 10.1 Å². The number of nitrogens with zero attached hydrogens (tertiary/aromatic N) is 1. The highest BCUT2D eigenvalue weighted by Crippen LogP contribution is 2.25. The molecule has 0 fully saturated rings. The fraction of sp³-hybridized carbons (Fsp3) is 0.467. The summed E-state index contributed by atoms with van der Waals surface area (Å²) in [6.07, 6.45) is 0.352. The van der Waals surface area contributed by atoms with Crippen LogP contribution in [0.25, 0.3) is 0 Å². The molecule has 1 amide bonds. The van der Waals surface area contributed by atoms with Crippen LogP contribution in [0.3, 0.4) is 0 Å². The number of aryl methyl sites for hydroxylation is 2. The molecule has 0 aliphatic carbocycles. The number of benzene rings is 1. The van der Waals surface area contributed by atoms with E-state index in [0.717, 1.165) is 17.5 Å². The number of carbonyl (C=O) groups excluding carboxylic acids is 1. The molecule has 4 heteroatoms. The Hall–Kier alpha value is -2.02. The van der Waals surface area contributed by atoms with Crippen LogP contribution in [0.1, 0.15) is 37.0 Å². The van der Waals surface area contributed by atoms with Crippen molar-refractivity contribution in [2.75, 3.05) is 6.54 Å². The first kappa shape index (κ1) is 15.0. The summed E-state index contributed by atoms with van der Waals surface area (Å²) >= 11 is 0. The highest BCUT2D eigenvalue weighted by atomic mass is 16.5. The molecule has 1 unspecified atom stereocenters. The average molecular weight is 260 g/mol. The van der Waals surface area contributed by atoms with Gasteiger partial charge in [0.1, 0.15) is 5.75 Å². The zero-order valence-corrected chi connectivity index (χ0v) is 11.9. The van der Waals surface area contributed by atoms with Gasteiger partial charge >= 0.3 is 0 Å². The zero-order chi connectivity index (χ0) is 14.4. The molecular formula is C15H20N2O2. The molecule has 0 aromatic heterocycles. The summed E-state index contributed by atoms with van der Waals surface area (Å²) in [5, 5.41) is 11.7. The summed E-state index contributed by atoms with van der Waals surface area (Å²) in [6.45, 7) is 8.13. The monoisotopic (exact) mass is 260 g/mol. The van der Waals surface area contributed by atoms with E-state index < -0.39 is 6.10 Å². The first-order chi connectivity index (χ1) is 8.99. The minimum absolute atomic E-state index is 0.120. The second-order valence-corrected chi connectivity index (χ2v) is 4.60. The fourth-order valence-electron chi connectivity index (χ4n) is 1.82. The summed E-state index contributed by atoms with van der Waals surface area (Å²) < 4.78 is 5.71. The summed E-state index contributed by atoms with van der Waals surface area (Å²) in [7, 11) is 0. The maximum atomic E-state index is 11.8. The van der Waals surface area contributed by atoms with E-state index in [4.69, 9.17) is 10.00 Å². The van der Waals surface area contributed by atoms with Gasteiger partial charge in [0.05, 0.1) is 11.6 Å². The van der Waals surface area contributed by atoms with Crippen LogP contribution < -0.4 is 10.1 Å². The van der Waals surface area contributed by atoms with Crippen molar-refractivity contribution in [3.05, 3.63) is 28.8 Å². The first-order valence-electron chi connectivity index (χ1n) is 6.45. The first-order valence-corrected chi connectivity index (χ1v) is 6.45. The van der Waals surface area contributed by atoms with Gasteiger partial charge in [0.25, 0.3) is 5.91 Å². The van der Waals surface area contributed by atoms with Gasteiger partial charge in [-0.25, -0.2) is 0 Å². The van der Waals surface area contributed by atoms with Crippen molar-refractivity contribution in [1.29, 1.82) is 5.26 Å². The molecule has 0 saturated heterocycles. The summed E-state index contributed by atoms with van der Waals surface area (Å²) in [4.78, 5) is 11.8. The van der Waals surface area contributed by atoms with E-state index in [1.54, 1.807) is 19.1 Å². The number of amides is 1. The predicted octanol–water partition coefficient (Wildman–Crippen LogP) is 2.47. The maximum Gasteiger partial charge on any atom is 0.260 e. The van der Waals surface area contributed by atoms with Crippen molar-refractivity contribution in [3.63, 3.8) is 0 Å². The summed E-state index contributed by atoms with van der Waals surface area (Å²) in [5.74, 6) is 0.558. The minimum atomic E-state index is -0.545. The summed E-state index contributed by atoms with van der Waals surface area (Å²) in [5.41, 5.74) is 2.34. The van der Waals surface area contributed by atoms with Crippen LogP contribution >= 0.6 is 0 Å². The van der Waals surface area contributed by atoms with Crippen molar-refractivity contribution in [1.82, 2.24) is 5.32 Å². The van der Waals surface area contributed by atoms with Crippen LogP contribution in [0, 0.1) is 25.2 Å². The third-order valence-corrected chi connectivity index (χ3v) is 2.80. The van der Waals surface area contributed by atoms with E-state index in [0.29, 0.717) is 17.9 Å². The number of hydrogen-bond donors (Lipinski definition) is 1. The molecule has 0 bridgehead atoms. The second kappa shape index (κ2) is 6.79. The van der Waals surface area contributed by atoms with Gasteiger partial charge in [-0.3, -0.25) is 4.79 Å². The number of rotatable bonds is 5. The van der Waals surface area contributed by atoms with E-state index in [9.17, 15) is 4.79 Å². The van der Waals surface area contributed by atoms with Crippen LogP contribution in [0.15, 0.2) is 12.1 Å². The van der Waals surface area contributed by atoms with Gasteiger partial charge in [-0.15, -0.1) is 0 Å². The van der Waals surface area contributed by atoms with E-state index in [2.05, 4.69) is 11.4 Å². The Labute approximate surface area is 114 Å². The highest BCUT2D eigenvalue weighted by Gasteiger charge is 2.16. The van der Waals surface area contributed by atoms with E-state index >= 15 is 0 Å². The third-order valence-electron chi connectivity index (χ3n) is 2.80. The number of nitrogens with one attached hydrogen (secondary N) is 1. The van der Waals surface area contributed by atoms with Crippen molar-refractivity contribution >= 4 is 5.91 Å². The quantitative estimate of drug-likeness (QED) is 0.884. The van der Waals surface area contributed by atoms with Crippen LogP contribution in [0.5, 0.6) is 5.75 Å².